The molecule has 0 aliphatic heterocycles. The fourth-order valence-electron chi connectivity index (χ4n) is 1.79. The molecule has 82 valence electrons. The second kappa shape index (κ2) is 5.45. The van der Waals surface area contributed by atoms with Gasteiger partial charge in [0.2, 0.25) is 0 Å². The molecule has 3 nitrogen and oxygen atoms in total. The first-order valence-corrected chi connectivity index (χ1v) is 5.71. The first kappa shape index (κ1) is 10.9. The Morgan fingerprint density at radius 3 is 3.00 bits per heavy atom. The van der Waals surface area contributed by atoms with Gasteiger partial charge in [0.05, 0.1) is 11.1 Å². The summed E-state index contributed by atoms with van der Waals surface area (Å²) in [5, 5.41) is 0.681. The van der Waals surface area contributed by atoms with Crippen LogP contribution in [0.2, 0.25) is 5.02 Å². The maximum absolute atomic E-state index is 5.96. The molecule has 4 heteroatoms. The maximum Gasteiger partial charge on any atom is 0.0790 e. The third-order valence-electron chi connectivity index (χ3n) is 2.67. The number of nitrogens with zero attached hydrogens (tertiary/aromatic N) is 1. The highest BCUT2D eigenvalue weighted by molar-refractivity contribution is 6.31. The van der Waals surface area contributed by atoms with Gasteiger partial charge in [0.15, 0.2) is 0 Å². The first-order valence-electron chi connectivity index (χ1n) is 5.33. The number of nitrogens with one attached hydrogen (secondary N) is 1. The Morgan fingerprint density at radius 1 is 1.47 bits per heavy atom. The summed E-state index contributed by atoms with van der Waals surface area (Å²) < 4.78 is 0. The molecule has 2 rings (SSSR count). The van der Waals surface area contributed by atoms with Gasteiger partial charge in [0.25, 0.3) is 0 Å². The third kappa shape index (κ3) is 3.16. The quantitative estimate of drug-likeness (QED) is 0.802. The molecular formula is C11H15ClN2O. The van der Waals surface area contributed by atoms with Crippen molar-refractivity contribution in [2.75, 3.05) is 0 Å². The molecule has 1 heterocycles. The van der Waals surface area contributed by atoms with E-state index in [2.05, 4.69) is 10.5 Å². The average molecular weight is 227 g/mol. The largest absolute Gasteiger partial charge is 0.298 e. The van der Waals surface area contributed by atoms with Crippen molar-refractivity contribution < 1.29 is 4.84 Å². The van der Waals surface area contributed by atoms with E-state index in [0.29, 0.717) is 17.7 Å². The van der Waals surface area contributed by atoms with E-state index in [-0.39, 0.29) is 0 Å². The maximum atomic E-state index is 5.96. The minimum atomic E-state index is 0.380. The molecule has 1 N–H and O–H groups in total. The zero-order chi connectivity index (χ0) is 10.5. The van der Waals surface area contributed by atoms with E-state index < -0.39 is 0 Å². The summed E-state index contributed by atoms with van der Waals surface area (Å²) in [6.45, 7) is 0.637. The standard InChI is InChI=1S/C11H15ClN2O/c12-11-8-13-6-5-9(11)7-14-15-10-3-1-2-4-10/h5-6,8,10,14H,1-4,7H2. The van der Waals surface area contributed by atoms with Crippen LogP contribution in [0.5, 0.6) is 0 Å². The van der Waals surface area contributed by atoms with Crippen molar-refractivity contribution in [3.63, 3.8) is 0 Å². The second-order valence-corrected chi connectivity index (χ2v) is 4.22. The predicted molar refractivity (Wildman–Crippen MR) is 59.4 cm³/mol. The number of hydroxylamine groups is 1. The molecule has 0 aromatic carbocycles. The van der Waals surface area contributed by atoms with E-state index in [9.17, 15) is 0 Å². The summed E-state index contributed by atoms with van der Waals surface area (Å²) in [4.78, 5) is 9.46. The highest BCUT2D eigenvalue weighted by atomic mass is 35.5. The Bertz CT molecular complexity index is 313. The second-order valence-electron chi connectivity index (χ2n) is 3.81. The van der Waals surface area contributed by atoms with Crippen molar-refractivity contribution in [1.82, 2.24) is 10.5 Å². The third-order valence-corrected chi connectivity index (χ3v) is 3.01. The van der Waals surface area contributed by atoms with Crippen LogP contribution in [-0.4, -0.2) is 11.1 Å². The minimum Gasteiger partial charge on any atom is -0.298 e. The molecule has 1 aromatic rings. The smallest absolute Gasteiger partial charge is 0.0790 e. The topological polar surface area (TPSA) is 34.2 Å². The van der Waals surface area contributed by atoms with Gasteiger partial charge in [-0.05, 0) is 24.5 Å². The van der Waals surface area contributed by atoms with E-state index in [1.54, 1.807) is 12.4 Å². The number of aromatic nitrogens is 1. The Morgan fingerprint density at radius 2 is 2.27 bits per heavy atom. The molecule has 0 radical (unpaired) electrons. The van der Waals surface area contributed by atoms with Crippen LogP contribution in [0.1, 0.15) is 31.2 Å². The molecule has 1 aromatic heterocycles. The van der Waals surface area contributed by atoms with Gasteiger partial charge in [0.1, 0.15) is 0 Å². The van der Waals surface area contributed by atoms with E-state index in [0.717, 1.165) is 18.4 Å². The Kier molecular flexibility index (Phi) is 3.94. The monoisotopic (exact) mass is 226 g/mol. The molecule has 0 bridgehead atoms. The van der Waals surface area contributed by atoms with Gasteiger partial charge in [-0.3, -0.25) is 9.82 Å². The van der Waals surface area contributed by atoms with E-state index in [1.165, 1.54) is 12.8 Å². The summed E-state index contributed by atoms with van der Waals surface area (Å²) in [6.07, 6.45) is 8.65. The van der Waals surface area contributed by atoms with E-state index in [4.69, 9.17) is 16.4 Å². The number of rotatable bonds is 4. The van der Waals surface area contributed by atoms with E-state index >= 15 is 0 Å². The number of hydrogen-bond acceptors (Lipinski definition) is 3. The van der Waals surface area contributed by atoms with Crippen LogP contribution in [0.3, 0.4) is 0 Å². The molecule has 1 fully saturated rings. The highest BCUT2D eigenvalue weighted by Crippen LogP contribution is 2.20. The Balaban J connectivity index is 1.75. The summed E-state index contributed by atoms with van der Waals surface area (Å²) in [5.41, 5.74) is 3.99. The van der Waals surface area contributed by atoms with Crippen LogP contribution in [0.15, 0.2) is 18.5 Å². The summed E-state index contributed by atoms with van der Waals surface area (Å²) in [7, 11) is 0. The first-order chi connectivity index (χ1) is 7.36. The van der Waals surface area contributed by atoms with Crippen molar-refractivity contribution in [1.29, 1.82) is 0 Å². The fraction of sp³-hybridized carbons (Fsp3) is 0.545. The molecule has 0 atom stereocenters. The summed E-state index contributed by atoms with van der Waals surface area (Å²) >= 11 is 5.96. The fourth-order valence-corrected chi connectivity index (χ4v) is 1.98. The lowest BCUT2D eigenvalue weighted by atomic mass is 10.3. The molecule has 0 saturated heterocycles. The van der Waals surface area contributed by atoms with Gasteiger partial charge in [0, 0.05) is 18.9 Å². The van der Waals surface area contributed by atoms with Crippen molar-refractivity contribution in [3.8, 4) is 0 Å². The van der Waals surface area contributed by atoms with Crippen LogP contribution in [0.4, 0.5) is 0 Å². The average Bonchev–Trinajstić information content (AvgIpc) is 2.74. The van der Waals surface area contributed by atoms with Gasteiger partial charge >= 0.3 is 0 Å². The predicted octanol–water partition coefficient (Wildman–Crippen LogP) is 2.70. The number of pyridine rings is 1. The van der Waals surface area contributed by atoms with Crippen LogP contribution in [-0.2, 0) is 11.4 Å². The molecule has 0 unspecified atom stereocenters. The van der Waals surface area contributed by atoms with Gasteiger partial charge in [-0.2, -0.15) is 5.48 Å². The molecule has 0 amide bonds. The zero-order valence-corrected chi connectivity index (χ0v) is 9.33. The molecule has 1 aliphatic carbocycles. The van der Waals surface area contributed by atoms with Gasteiger partial charge in [-0.25, -0.2) is 0 Å². The molecule has 0 spiro atoms. The van der Waals surface area contributed by atoms with Crippen LogP contribution in [0, 0.1) is 0 Å². The lowest BCUT2D eigenvalue weighted by Crippen LogP contribution is -2.21. The minimum absolute atomic E-state index is 0.380. The normalized spacial score (nSPS) is 17.1. The molecule has 1 aliphatic rings. The molecule has 1 saturated carbocycles. The lowest BCUT2D eigenvalue weighted by molar-refractivity contribution is -0.0244. The highest BCUT2D eigenvalue weighted by Gasteiger charge is 2.15. The van der Waals surface area contributed by atoms with Crippen molar-refractivity contribution >= 4 is 11.6 Å². The molecule has 15 heavy (non-hydrogen) atoms. The van der Waals surface area contributed by atoms with Crippen LogP contribution in [0.25, 0.3) is 0 Å². The number of halogens is 1. The number of hydrogen-bond donors (Lipinski definition) is 1. The van der Waals surface area contributed by atoms with Crippen LogP contribution >= 0.6 is 11.6 Å². The lowest BCUT2D eigenvalue weighted by Gasteiger charge is -2.11. The van der Waals surface area contributed by atoms with Crippen LogP contribution < -0.4 is 5.48 Å². The van der Waals surface area contributed by atoms with E-state index in [1.807, 2.05) is 6.07 Å². The Labute approximate surface area is 94.8 Å². The van der Waals surface area contributed by atoms with Gasteiger partial charge < -0.3 is 0 Å². The zero-order valence-electron chi connectivity index (χ0n) is 8.58. The van der Waals surface area contributed by atoms with Crippen molar-refractivity contribution in [3.05, 3.63) is 29.0 Å². The summed E-state index contributed by atoms with van der Waals surface area (Å²) in [5.74, 6) is 0. The van der Waals surface area contributed by atoms with Crippen molar-refractivity contribution in [2.45, 2.75) is 38.3 Å². The van der Waals surface area contributed by atoms with Crippen molar-refractivity contribution in [2.24, 2.45) is 0 Å². The SMILES string of the molecule is Clc1cnccc1CNOC1CCCC1. The van der Waals surface area contributed by atoms with Gasteiger partial charge in [-0.15, -0.1) is 0 Å². The Hall–Kier alpha value is -0.640. The molecular weight excluding hydrogens is 212 g/mol. The summed E-state index contributed by atoms with van der Waals surface area (Å²) in [6, 6.07) is 1.90. The van der Waals surface area contributed by atoms with Gasteiger partial charge in [-0.1, -0.05) is 24.4 Å².